The summed E-state index contributed by atoms with van der Waals surface area (Å²) in [5, 5.41) is 0.0622. The minimum atomic E-state index is -3.89. The second-order valence-electron chi connectivity index (χ2n) is 8.08. The molecule has 2 aliphatic rings. The quantitative estimate of drug-likeness (QED) is 0.636. The molecule has 0 saturated carbocycles. The van der Waals surface area contributed by atoms with Gasteiger partial charge >= 0.3 is 0 Å². The van der Waals surface area contributed by atoms with E-state index in [0.717, 1.165) is 24.0 Å². The molecule has 2 aromatic carbocycles. The molecule has 178 valence electrons. The van der Waals surface area contributed by atoms with E-state index >= 15 is 0 Å². The lowest BCUT2D eigenvalue weighted by Gasteiger charge is -2.30. The van der Waals surface area contributed by atoms with Gasteiger partial charge in [-0.3, -0.25) is 4.79 Å². The van der Waals surface area contributed by atoms with Crippen molar-refractivity contribution < 1.29 is 27.4 Å². The number of nitrogens with zero attached hydrogens (tertiary/aromatic N) is 1. The number of ether oxygens (including phenoxy) is 3. The number of hydrogen-bond donors (Lipinski definition) is 1. The first-order valence-electron chi connectivity index (χ1n) is 10.8. The molecule has 8 nitrogen and oxygen atoms in total. The van der Waals surface area contributed by atoms with Crippen molar-refractivity contribution in [2.75, 3.05) is 33.9 Å². The van der Waals surface area contributed by atoms with Crippen LogP contribution >= 0.6 is 11.6 Å². The Morgan fingerprint density at radius 2 is 1.91 bits per heavy atom. The molecular formula is C23H27ClN2O6S. The normalized spacial score (nSPS) is 18.2. The number of nitrogens with one attached hydrogen (secondary N) is 1. The van der Waals surface area contributed by atoms with Crippen LogP contribution in [0.3, 0.4) is 0 Å². The Bertz CT molecular complexity index is 1150. The highest BCUT2D eigenvalue weighted by Crippen LogP contribution is 2.34. The number of fused-ring (bicyclic) bond motifs is 1. The summed E-state index contributed by atoms with van der Waals surface area (Å²) in [4.78, 5) is 14.8. The largest absolute Gasteiger partial charge is 0.493 e. The molecule has 1 amide bonds. The summed E-state index contributed by atoms with van der Waals surface area (Å²) in [6.45, 7) is 1.69. The van der Waals surface area contributed by atoms with Gasteiger partial charge in [0, 0.05) is 31.8 Å². The highest BCUT2D eigenvalue weighted by Gasteiger charge is 2.27. The maximum Gasteiger partial charge on any atom is 0.254 e. The van der Waals surface area contributed by atoms with Gasteiger partial charge in [-0.25, -0.2) is 13.1 Å². The summed E-state index contributed by atoms with van der Waals surface area (Å²) in [5.74, 6) is 0.990. The zero-order valence-electron chi connectivity index (χ0n) is 18.6. The molecule has 1 atom stereocenters. The fourth-order valence-corrected chi connectivity index (χ4v) is 5.76. The molecule has 2 heterocycles. The van der Waals surface area contributed by atoms with Gasteiger partial charge in [-0.2, -0.15) is 0 Å². The van der Waals surface area contributed by atoms with E-state index in [1.807, 2.05) is 12.1 Å². The van der Waals surface area contributed by atoms with Gasteiger partial charge in [-0.1, -0.05) is 11.6 Å². The average Bonchev–Trinajstić information content (AvgIpc) is 3.35. The smallest absolute Gasteiger partial charge is 0.254 e. The van der Waals surface area contributed by atoms with Gasteiger partial charge in [-0.15, -0.1) is 0 Å². The van der Waals surface area contributed by atoms with Gasteiger partial charge < -0.3 is 19.1 Å². The number of methoxy groups -OCH3 is 2. The molecule has 1 N–H and O–H groups in total. The zero-order valence-corrected chi connectivity index (χ0v) is 20.2. The molecule has 2 aliphatic heterocycles. The van der Waals surface area contributed by atoms with Gasteiger partial charge in [-0.05, 0) is 60.7 Å². The fraction of sp³-hybridized carbons (Fsp3) is 0.435. The number of halogens is 1. The summed E-state index contributed by atoms with van der Waals surface area (Å²) in [7, 11) is -0.738. The van der Waals surface area contributed by atoms with Crippen LogP contribution in [0.2, 0.25) is 5.02 Å². The van der Waals surface area contributed by atoms with Crippen LogP contribution in [0, 0.1) is 0 Å². The number of rotatable bonds is 7. The first-order chi connectivity index (χ1) is 15.8. The minimum absolute atomic E-state index is 0.0622. The van der Waals surface area contributed by atoms with E-state index in [0.29, 0.717) is 37.6 Å². The fourth-order valence-electron chi connectivity index (χ4n) is 4.17. The van der Waals surface area contributed by atoms with E-state index in [4.69, 9.17) is 25.8 Å². The third kappa shape index (κ3) is 5.11. The van der Waals surface area contributed by atoms with E-state index in [9.17, 15) is 13.2 Å². The Morgan fingerprint density at radius 3 is 2.58 bits per heavy atom. The number of benzene rings is 2. The van der Waals surface area contributed by atoms with Crippen LogP contribution in [-0.2, 0) is 27.7 Å². The first-order valence-corrected chi connectivity index (χ1v) is 12.6. The Hall–Kier alpha value is -2.33. The van der Waals surface area contributed by atoms with Crippen molar-refractivity contribution in [1.29, 1.82) is 0 Å². The number of hydrogen-bond acceptors (Lipinski definition) is 6. The molecule has 0 spiro atoms. The SMILES string of the molecule is COc1cc2c(cc1OC)CN(C(=O)c1ccc(Cl)c(S(=O)(=O)NCC3CCCO3)c1)CC2. The lowest BCUT2D eigenvalue weighted by Crippen LogP contribution is -2.36. The van der Waals surface area contributed by atoms with Crippen LogP contribution in [0.1, 0.15) is 34.3 Å². The Morgan fingerprint density at radius 1 is 1.18 bits per heavy atom. The molecule has 1 fully saturated rings. The highest BCUT2D eigenvalue weighted by molar-refractivity contribution is 7.89. The molecule has 10 heteroatoms. The van der Waals surface area contributed by atoms with E-state index < -0.39 is 10.0 Å². The van der Waals surface area contributed by atoms with E-state index in [2.05, 4.69) is 4.72 Å². The van der Waals surface area contributed by atoms with E-state index in [1.165, 1.54) is 12.1 Å². The molecule has 33 heavy (non-hydrogen) atoms. The third-order valence-electron chi connectivity index (χ3n) is 6.00. The van der Waals surface area contributed by atoms with Crippen molar-refractivity contribution in [1.82, 2.24) is 9.62 Å². The predicted octanol–water partition coefficient (Wildman–Crippen LogP) is 3.01. The molecule has 4 rings (SSSR count). The van der Waals surface area contributed by atoms with Gasteiger partial charge in [0.2, 0.25) is 10.0 Å². The van der Waals surface area contributed by atoms with Crippen molar-refractivity contribution >= 4 is 27.5 Å². The Balaban J connectivity index is 1.53. The molecule has 0 bridgehead atoms. The second kappa shape index (κ2) is 9.89. The predicted molar refractivity (Wildman–Crippen MR) is 124 cm³/mol. The number of sulfonamides is 1. The Labute approximate surface area is 198 Å². The summed E-state index contributed by atoms with van der Waals surface area (Å²) in [6.07, 6.45) is 2.23. The van der Waals surface area contributed by atoms with Gasteiger partial charge in [0.05, 0.1) is 25.3 Å². The number of carbonyl (C=O) groups excluding carboxylic acids is 1. The average molecular weight is 495 g/mol. The number of amides is 1. The van der Waals surface area contributed by atoms with Crippen LogP contribution in [0.5, 0.6) is 11.5 Å². The maximum absolute atomic E-state index is 13.2. The third-order valence-corrected chi connectivity index (χ3v) is 7.90. The van der Waals surface area contributed by atoms with Crippen molar-refractivity contribution in [2.45, 2.75) is 36.8 Å². The summed E-state index contributed by atoms with van der Waals surface area (Å²) < 4.78 is 44.5. The second-order valence-corrected chi connectivity index (χ2v) is 10.2. The van der Waals surface area contributed by atoms with Gasteiger partial charge in [0.1, 0.15) is 4.90 Å². The monoisotopic (exact) mass is 494 g/mol. The summed E-state index contributed by atoms with van der Waals surface area (Å²) in [5.41, 5.74) is 2.32. The van der Waals surface area contributed by atoms with Gasteiger partial charge in [0.15, 0.2) is 11.5 Å². The van der Waals surface area contributed by atoms with Crippen molar-refractivity contribution in [2.24, 2.45) is 0 Å². The summed E-state index contributed by atoms with van der Waals surface area (Å²) in [6, 6.07) is 8.14. The van der Waals surface area contributed by atoms with Crippen molar-refractivity contribution in [3.05, 3.63) is 52.0 Å². The molecule has 0 aromatic heterocycles. The van der Waals surface area contributed by atoms with Crippen LogP contribution in [0.15, 0.2) is 35.2 Å². The van der Waals surface area contributed by atoms with Crippen LogP contribution in [-0.4, -0.2) is 59.2 Å². The molecule has 2 aromatic rings. The molecule has 1 saturated heterocycles. The first kappa shape index (κ1) is 23.8. The van der Waals surface area contributed by atoms with Crippen molar-refractivity contribution in [3.8, 4) is 11.5 Å². The summed E-state index contributed by atoms with van der Waals surface area (Å²) >= 11 is 6.19. The lowest BCUT2D eigenvalue weighted by atomic mass is 9.98. The topological polar surface area (TPSA) is 94.2 Å². The lowest BCUT2D eigenvalue weighted by molar-refractivity contribution is 0.0734. The van der Waals surface area contributed by atoms with E-state index in [-0.39, 0.29) is 34.0 Å². The van der Waals surface area contributed by atoms with Gasteiger partial charge in [0.25, 0.3) is 5.91 Å². The maximum atomic E-state index is 13.2. The zero-order chi connectivity index (χ0) is 23.6. The highest BCUT2D eigenvalue weighted by atomic mass is 35.5. The van der Waals surface area contributed by atoms with Crippen LogP contribution in [0.4, 0.5) is 0 Å². The molecular weight excluding hydrogens is 468 g/mol. The molecule has 1 unspecified atom stereocenters. The molecule has 0 radical (unpaired) electrons. The van der Waals surface area contributed by atoms with Crippen LogP contribution < -0.4 is 14.2 Å². The van der Waals surface area contributed by atoms with Crippen LogP contribution in [0.25, 0.3) is 0 Å². The standard InChI is InChI=1S/C23H27ClN2O6S/c1-30-20-10-15-7-8-26(14-17(15)11-21(20)31-2)23(27)16-5-6-19(24)22(12-16)33(28,29)25-13-18-4-3-9-32-18/h5-6,10-12,18,25H,3-4,7-9,13-14H2,1-2H3. The Kier molecular flexibility index (Phi) is 7.13. The van der Waals surface area contributed by atoms with Crippen molar-refractivity contribution in [3.63, 3.8) is 0 Å². The number of carbonyl (C=O) groups is 1. The minimum Gasteiger partial charge on any atom is -0.493 e. The van der Waals surface area contributed by atoms with E-state index in [1.54, 1.807) is 25.2 Å². The molecule has 0 aliphatic carbocycles.